The van der Waals surface area contributed by atoms with Crippen LogP contribution >= 0.6 is 0 Å². The van der Waals surface area contributed by atoms with Crippen molar-refractivity contribution < 1.29 is 3.10 Å². The average Bonchev–Trinajstić information content (AvgIpc) is 2.94. The van der Waals surface area contributed by atoms with Crippen molar-refractivity contribution in [2.75, 3.05) is 0 Å². The summed E-state index contributed by atoms with van der Waals surface area (Å²) in [5.41, 5.74) is 0.314. The van der Waals surface area contributed by atoms with Crippen LogP contribution in [0, 0.1) is 0 Å². The van der Waals surface area contributed by atoms with Crippen LogP contribution in [0.4, 0.5) is 0 Å². The van der Waals surface area contributed by atoms with Gasteiger partial charge >= 0.3 is 176 Å². The molecule has 0 aliphatic carbocycles. The van der Waals surface area contributed by atoms with E-state index in [2.05, 4.69) is 13.8 Å². The van der Waals surface area contributed by atoms with Gasteiger partial charge < -0.3 is 0 Å². The Morgan fingerprint density at radius 2 is 0.711 bits per heavy atom. The molecular formula is C36H72OTe. The molecule has 228 valence electrons. The van der Waals surface area contributed by atoms with Crippen molar-refractivity contribution in [3.05, 3.63) is 0 Å². The predicted molar refractivity (Wildman–Crippen MR) is 173 cm³/mol. The Hall–Kier alpha value is 0.750. The Bertz CT molecular complexity index is 411. The predicted octanol–water partition coefficient (Wildman–Crippen LogP) is 13.3. The van der Waals surface area contributed by atoms with E-state index in [-0.39, 0.29) is 21.3 Å². The monoisotopic (exact) mass is 650 g/mol. The first-order chi connectivity index (χ1) is 18.8. The molecule has 1 heterocycles. The van der Waals surface area contributed by atoms with Crippen LogP contribution in [-0.4, -0.2) is 26.9 Å². The van der Waals surface area contributed by atoms with Crippen molar-refractivity contribution in [2.24, 2.45) is 0 Å². The van der Waals surface area contributed by atoms with Crippen LogP contribution in [0.3, 0.4) is 0 Å². The zero-order chi connectivity index (χ0) is 27.2. The molecule has 0 N–H and O–H groups in total. The summed E-state index contributed by atoms with van der Waals surface area (Å²) in [6, 6.07) is 0. The van der Waals surface area contributed by atoms with Gasteiger partial charge in [-0.15, -0.1) is 0 Å². The van der Waals surface area contributed by atoms with E-state index in [0.29, 0.717) is 5.60 Å². The quantitative estimate of drug-likeness (QED) is 0.0556. The van der Waals surface area contributed by atoms with Gasteiger partial charge in [0, 0.05) is 0 Å². The van der Waals surface area contributed by atoms with Crippen LogP contribution in [0.15, 0.2) is 0 Å². The maximum atomic E-state index is 6.62. The van der Waals surface area contributed by atoms with Crippen LogP contribution in [0.2, 0.25) is 4.47 Å². The second-order valence-electron chi connectivity index (χ2n) is 12.9. The molecule has 0 amide bonds. The van der Waals surface area contributed by atoms with Gasteiger partial charge in [0.25, 0.3) is 0 Å². The molecule has 1 fully saturated rings. The molecular weight excluding hydrogens is 576 g/mol. The number of hydrogen-bond donors (Lipinski definition) is 0. The maximum absolute atomic E-state index is 6.62. The average molecular weight is 649 g/mol. The number of hydrogen-bond acceptors (Lipinski definition) is 1. The van der Waals surface area contributed by atoms with Gasteiger partial charge in [0.15, 0.2) is 0 Å². The van der Waals surface area contributed by atoms with Gasteiger partial charge in [-0.1, -0.05) is 78.1 Å². The van der Waals surface area contributed by atoms with E-state index in [4.69, 9.17) is 3.10 Å². The Kier molecular flexibility index (Phi) is 28.3. The summed E-state index contributed by atoms with van der Waals surface area (Å²) in [5.74, 6) is 0. The molecule has 2 heteroatoms. The molecule has 0 bridgehead atoms. The minimum absolute atomic E-state index is 0.145. The zero-order valence-electron chi connectivity index (χ0n) is 26.7. The van der Waals surface area contributed by atoms with Crippen LogP contribution in [0.5, 0.6) is 0 Å². The first-order valence-electron chi connectivity index (χ1n) is 18.1. The molecule has 0 radical (unpaired) electrons. The summed E-state index contributed by atoms with van der Waals surface area (Å²) in [5, 5.41) is 0. The summed E-state index contributed by atoms with van der Waals surface area (Å²) in [7, 11) is 0. The third-order valence-electron chi connectivity index (χ3n) is 9.07. The first-order valence-corrected chi connectivity index (χ1v) is 20.7. The van der Waals surface area contributed by atoms with Gasteiger partial charge in [-0.25, -0.2) is 0 Å². The molecule has 0 spiro atoms. The Morgan fingerprint density at radius 1 is 0.421 bits per heavy atom. The van der Waals surface area contributed by atoms with E-state index in [1.165, 1.54) is 210 Å². The summed E-state index contributed by atoms with van der Waals surface area (Å²) < 4.78 is 8.04. The SMILES string of the molecule is CCCCCCCCCCCCCCCCC1(CCCCCCCCCCCCCCCC)CCC[Te]O1. The molecule has 0 aromatic heterocycles. The fourth-order valence-corrected chi connectivity index (χ4v) is 8.82. The fraction of sp³-hybridized carbons (Fsp3) is 1.00. The van der Waals surface area contributed by atoms with Gasteiger partial charge in [0.05, 0.1) is 0 Å². The van der Waals surface area contributed by atoms with Crippen molar-refractivity contribution >= 4 is 21.3 Å². The molecule has 0 saturated carbocycles. The third kappa shape index (κ3) is 23.5. The Balaban J connectivity index is 1.93. The van der Waals surface area contributed by atoms with Gasteiger partial charge in [-0.05, 0) is 0 Å². The van der Waals surface area contributed by atoms with Crippen molar-refractivity contribution in [2.45, 2.75) is 229 Å². The van der Waals surface area contributed by atoms with Crippen molar-refractivity contribution in [1.82, 2.24) is 0 Å². The molecule has 1 saturated heterocycles. The second-order valence-corrected chi connectivity index (χ2v) is 15.2. The number of rotatable bonds is 30. The van der Waals surface area contributed by atoms with Gasteiger partial charge in [-0.3, -0.25) is 0 Å². The van der Waals surface area contributed by atoms with E-state index < -0.39 is 0 Å². The molecule has 0 atom stereocenters. The third-order valence-corrected chi connectivity index (χ3v) is 11.7. The molecule has 0 unspecified atom stereocenters. The molecule has 1 rings (SSSR count). The van der Waals surface area contributed by atoms with Gasteiger partial charge in [0.1, 0.15) is 0 Å². The van der Waals surface area contributed by atoms with E-state index in [9.17, 15) is 0 Å². The topological polar surface area (TPSA) is 9.23 Å². The van der Waals surface area contributed by atoms with Crippen molar-refractivity contribution in [3.63, 3.8) is 0 Å². The zero-order valence-corrected chi connectivity index (χ0v) is 29.0. The first kappa shape index (κ1) is 36.8. The van der Waals surface area contributed by atoms with Crippen molar-refractivity contribution in [3.8, 4) is 0 Å². The van der Waals surface area contributed by atoms with Crippen LogP contribution in [0.1, 0.15) is 219 Å². The van der Waals surface area contributed by atoms with Gasteiger partial charge in [-0.2, -0.15) is 0 Å². The second kappa shape index (κ2) is 29.2. The molecule has 1 aliphatic rings. The van der Waals surface area contributed by atoms with Crippen LogP contribution in [0.25, 0.3) is 0 Å². The van der Waals surface area contributed by atoms with E-state index in [1.54, 1.807) is 0 Å². The van der Waals surface area contributed by atoms with Crippen LogP contribution < -0.4 is 0 Å². The molecule has 1 nitrogen and oxygen atoms in total. The summed E-state index contributed by atoms with van der Waals surface area (Å²) in [6.07, 6.45) is 46.4. The fourth-order valence-electron chi connectivity index (χ4n) is 6.40. The number of unbranched alkanes of at least 4 members (excludes halogenated alkanes) is 26. The Morgan fingerprint density at radius 3 is 0.974 bits per heavy atom. The summed E-state index contributed by atoms with van der Waals surface area (Å²) in [4.78, 5) is 0. The standard InChI is InChI=1S/C36H72OTe/c1-3-5-7-9-11-13-15-17-19-21-23-25-27-29-32-36(34-31-35-38-37-36)33-30-28-26-24-22-20-18-16-14-12-10-8-6-4-2/h3-35H2,1-2H3. The summed E-state index contributed by atoms with van der Waals surface area (Å²) in [6.45, 7) is 4.62. The van der Waals surface area contributed by atoms with E-state index in [1.807, 2.05) is 0 Å². The van der Waals surface area contributed by atoms with E-state index >= 15 is 0 Å². The van der Waals surface area contributed by atoms with Crippen LogP contribution in [-0.2, 0) is 3.10 Å². The normalized spacial score (nSPS) is 15.3. The molecule has 0 aromatic carbocycles. The molecule has 0 aromatic rings. The minimum atomic E-state index is -0.145. The van der Waals surface area contributed by atoms with Crippen molar-refractivity contribution in [1.29, 1.82) is 0 Å². The van der Waals surface area contributed by atoms with E-state index in [0.717, 1.165) is 0 Å². The molecule has 1 aliphatic heterocycles. The molecule has 38 heavy (non-hydrogen) atoms. The Labute approximate surface area is 252 Å². The van der Waals surface area contributed by atoms with Gasteiger partial charge in [0.2, 0.25) is 0 Å². The summed E-state index contributed by atoms with van der Waals surface area (Å²) >= 11 is -0.145.